The van der Waals surface area contributed by atoms with E-state index in [1.54, 1.807) is 0 Å². The van der Waals surface area contributed by atoms with Crippen LogP contribution in [0.5, 0.6) is 0 Å². The Kier molecular flexibility index (Phi) is 3.14. The average molecular weight is 205 g/mol. The monoisotopic (exact) mass is 205 g/mol. The summed E-state index contributed by atoms with van der Waals surface area (Å²) in [5.41, 5.74) is 1.13. The van der Waals surface area contributed by atoms with Crippen LogP contribution in [-0.2, 0) is 0 Å². The number of nitrogens with one attached hydrogen (secondary N) is 1. The molecule has 1 aromatic rings. The first kappa shape index (κ1) is 9.66. The molecule has 1 aliphatic carbocycles. The van der Waals surface area contributed by atoms with Crippen LogP contribution in [0.1, 0.15) is 31.2 Å². The lowest BCUT2D eigenvalue weighted by atomic mass is 10.2. The van der Waals surface area contributed by atoms with Crippen LogP contribution >= 0.6 is 12.2 Å². The summed E-state index contributed by atoms with van der Waals surface area (Å²) >= 11 is 5.35. The van der Waals surface area contributed by atoms with Gasteiger partial charge in [0.05, 0.1) is 0 Å². The third kappa shape index (κ3) is 2.32. The SMILES string of the molecule is S=C(NC1CCCC1)c1ccccc1. The topological polar surface area (TPSA) is 12.0 Å². The zero-order valence-electron chi connectivity index (χ0n) is 8.20. The van der Waals surface area contributed by atoms with Crippen molar-refractivity contribution in [2.24, 2.45) is 0 Å². The molecule has 0 radical (unpaired) electrons. The van der Waals surface area contributed by atoms with Gasteiger partial charge in [0, 0.05) is 11.6 Å². The fraction of sp³-hybridized carbons (Fsp3) is 0.417. The minimum absolute atomic E-state index is 0.614. The lowest BCUT2D eigenvalue weighted by Crippen LogP contribution is -2.31. The summed E-state index contributed by atoms with van der Waals surface area (Å²) in [6, 6.07) is 10.8. The molecule has 0 spiro atoms. The fourth-order valence-corrected chi connectivity index (χ4v) is 2.23. The van der Waals surface area contributed by atoms with Crippen LogP contribution in [0.3, 0.4) is 0 Å². The van der Waals surface area contributed by atoms with Gasteiger partial charge in [-0.05, 0) is 12.8 Å². The van der Waals surface area contributed by atoms with E-state index in [0.29, 0.717) is 6.04 Å². The van der Waals surface area contributed by atoms with Gasteiger partial charge in [0.15, 0.2) is 0 Å². The van der Waals surface area contributed by atoms with Gasteiger partial charge in [-0.3, -0.25) is 0 Å². The van der Waals surface area contributed by atoms with Gasteiger partial charge in [-0.25, -0.2) is 0 Å². The second-order valence-corrected chi connectivity index (χ2v) is 4.23. The highest BCUT2D eigenvalue weighted by atomic mass is 32.1. The number of hydrogen-bond donors (Lipinski definition) is 1. The van der Waals surface area contributed by atoms with Crippen LogP contribution in [-0.4, -0.2) is 11.0 Å². The van der Waals surface area contributed by atoms with Crippen molar-refractivity contribution in [3.05, 3.63) is 35.9 Å². The second kappa shape index (κ2) is 4.56. The minimum Gasteiger partial charge on any atom is -0.373 e. The summed E-state index contributed by atoms with van der Waals surface area (Å²) < 4.78 is 0. The highest BCUT2D eigenvalue weighted by Crippen LogP contribution is 2.18. The van der Waals surface area contributed by atoms with E-state index in [2.05, 4.69) is 17.4 Å². The van der Waals surface area contributed by atoms with Crippen molar-refractivity contribution in [3.8, 4) is 0 Å². The Morgan fingerprint density at radius 3 is 2.43 bits per heavy atom. The van der Waals surface area contributed by atoms with Crippen LogP contribution in [0.4, 0.5) is 0 Å². The van der Waals surface area contributed by atoms with Gasteiger partial charge in [0.1, 0.15) is 4.99 Å². The van der Waals surface area contributed by atoms with Crippen LogP contribution in [0, 0.1) is 0 Å². The molecule has 0 saturated heterocycles. The molecule has 0 atom stereocenters. The molecule has 14 heavy (non-hydrogen) atoms. The number of thiocarbonyl (C=S) groups is 1. The van der Waals surface area contributed by atoms with Crippen molar-refractivity contribution in [2.45, 2.75) is 31.7 Å². The molecule has 0 heterocycles. The summed E-state index contributed by atoms with van der Waals surface area (Å²) in [6.07, 6.45) is 5.23. The summed E-state index contributed by atoms with van der Waals surface area (Å²) in [5, 5.41) is 3.43. The number of hydrogen-bond acceptors (Lipinski definition) is 1. The van der Waals surface area contributed by atoms with E-state index in [4.69, 9.17) is 12.2 Å². The maximum Gasteiger partial charge on any atom is 0.106 e. The molecule has 1 aromatic carbocycles. The average Bonchev–Trinajstić information content (AvgIpc) is 2.72. The number of rotatable bonds is 2. The Bertz CT molecular complexity index is 301. The minimum atomic E-state index is 0.614. The van der Waals surface area contributed by atoms with E-state index in [1.807, 2.05) is 18.2 Å². The van der Waals surface area contributed by atoms with E-state index in [1.165, 1.54) is 25.7 Å². The second-order valence-electron chi connectivity index (χ2n) is 3.82. The predicted molar refractivity (Wildman–Crippen MR) is 63.5 cm³/mol. The lowest BCUT2D eigenvalue weighted by molar-refractivity contribution is 0.635. The van der Waals surface area contributed by atoms with Crippen molar-refractivity contribution < 1.29 is 0 Å². The zero-order chi connectivity index (χ0) is 9.80. The molecule has 2 rings (SSSR count). The Hall–Kier alpha value is -0.890. The van der Waals surface area contributed by atoms with Gasteiger partial charge in [0.2, 0.25) is 0 Å². The van der Waals surface area contributed by atoms with Crippen molar-refractivity contribution >= 4 is 17.2 Å². The molecule has 1 fully saturated rings. The first-order valence-electron chi connectivity index (χ1n) is 5.22. The number of benzene rings is 1. The lowest BCUT2D eigenvalue weighted by Gasteiger charge is -2.14. The van der Waals surface area contributed by atoms with Gasteiger partial charge >= 0.3 is 0 Å². The largest absolute Gasteiger partial charge is 0.373 e. The van der Waals surface area contributed by atoms with Crippen molar-refractivity contribution in [3.63, 3.8) is 0 Å². The van der Waals surface area contributed by atoms with Gasteiger partial charge in [-0.1, -0.05) is 55.4 Å². The van der Waals surface area contributed by atoms with Crippen molar-refractivity contribution in [1.82, 2.24) is 5.32 Å². The highest BCUT2D eigenvalue weighted by molar-refractivity contribution is 7.80. The normalized spacial score (nSPS) is 16.9. The van der Waals surface area contributed by atoms with Crippen LogP contribution in [0.2, 0.25) is 0 Å². The van der Waals surface area contributed by atoms with E-state index < -0.39 is 0 Å². The third-order valence-electron chi connectivity index (χ3n) is 2.73. The van der Waals surface area contributed by atoms with E-state index >= 15 is 0 Å². The standard InChI is InChI=1S/C12H15NS/c14-12(10-6-2-1-3-7-10)13-11-8-4-5-9-11/h1-3,6-7,11H,4-5,8-9H2,(H,13,14). The van der Waals surface area contributed by atoms with E-state index in [9.17, 15) is 0 Å². The first-order chi connectivity index (χ1) is 6.86. The summed E-state index contributed by atoms with van der Waals surface area (Å²) in [7, 11) is 0. The van der Waals surface area contributed by atoms with Gasteiger partial charge < -0.3 is 5.32 Å². The van der Waals surface area contributed by atoms with Crippen LogP contribution in [0.15, 0.2) is 30.3 Å². The zero-order valence-corrected chi connectivity index (χ0v) is 9.02. The van der Waals surface area contributed by atoms with Crippen molar-refractivity contribution in [1.29, 1.82) is 0 Å². The maximum absolute atomic E-state index is 5.35. The molecule has 0 aromatic heterocycles. The third-order valence-corrected chi connectivity index (χ3v) is 3.08. The highest BCUT2D eigenvalue weighted by Gasteiger charge is 2.15. The molecule has 1 saturated carbocycles. The van der Waals surface area contributed by atoms with Crippen LogP contribution < -0.4 is 5.32 Å². The Morgan fingerprint density at radius 2 is 1.79 bits per heavy atom. The van der Waals surface area contributed by atoms with Crippen LogP contribution in [0.25, 0.3) is 0 Å². The molecule has 1 aliphatic rings. The Labute approximate surface area is 90.5 Å². The molecule has 2 heteroatoms. The molecule has 0 bridgehead atoms. The molecule has 74 valence electrons. The van der Waals surface area contributed by atoms with Crippen molar-refractivity contribution in [2.75, 3.05) is 0 Å². The summed E-state index contributed by atoms with van der Waals surface area (Å²) in [5.74, 6) is 0. The Morgan fingerprint density at radius 1 is 1.14 bits per heavy atom. The molecule has 1 nitrogen and oxygen atoms in total. The maximum atomic E-state index is 5.35. The molecular weight excluding hydrogens is 190 g/mol. The Balaban J connectivity index is 1.95. The molecular formula is C12H15NS. The fourth-order valence-electron chi connectivity index (χ4n) is 1.93. The first-order valence-corrected chi connectivity index (χ1v) is 5.63. The molecule has 0 amide bonds. The van der Waals surface area contributed by atoms with Gasteiger partial charge in [-0.15, -0.1) is 0 Å². The van der Waals surface area contributed by atoms with Gasteiger partial charge in [-0.2, -0.15) is 0 Å². The van der Waals surface area contributed by atoms with E-state index in [0.717, 1.165) is 10.6 Å². The molecule has 0 aliphatic heterocycles. The molecule has 0 unspecified atom stereocenters. The summed E-state index contributed by atoms with van der Waals surface area (Å²) in [6.45, 7) is 0. The smallest absolute Gasteiger partial charge is 0.106 e. The molecule has 1 N–H and O–H groups in total. The quantitative estimate of drug-likeness (QED) is 0.745. The summed E-state index contributed by atoms with van der Waals surface area (Å²) in [4.78, 5) is 0.900. The predicted octanol–water partition coefficient (Wildman–Crippen LogP) is 2.89. The van der Waals surface area contributed by atoms with E-state index in [-0.39, 0.29) is 0 Å². The van der Waals surface area contributed by atoms with Gasteiger partial charge in [0.25, 0.3) is 0 Å².